The lowest BCUT2D eigenvalue weighted by atomic mass is 9.49. The van der Waals surface area contributed by atoms with Gasteiger partial charge in [0, 0.05) is 0 Å². The monoisotopic (exact) mass is 152 g/mol. The van der Waals surface area contributed by atoms with Crippen molar-refractivity contribution in [2.24, 2.45) is 5.41 Å². The van der Waals surface area contributed by atoms with E-state index in [-0.39, 0.29) is 0 Å². The Morgan fingerprint density at radius 2 is 1.45 bits per heavy atom. The largest absolute Gasteiger partial charge is 0.110 e. The van der Waals surface area contributed by atoms with Crippen LogP contribution in [0.4, 0.5) is 0 Å². The normalized spacial score (nSPS) is 25.0. The summed E-state index contributed by atoms with van der Waals surface area (Å²) in [5.41, 5.74) is 0.507. The first kappa shape index (κ1) is 9.16. The average Bonchev–Trinajstić information content (AvgIpc) is 1.87. The minimum absolute atomic E-state index is 0.507. The van der Waals surface area contributed by atoms with E-state index in [1.807, 2.05) is 0 Å². The molecule has 0 bridgehead atoms. The molecule has 1 heteroatoms. The van der Waals surface area contributed by atoms with Crippen LogP contribution in [0.5, 0.6) is 0 Å². The molecule has 0 spiro atoms. The topological polar surface area (TPSA) is 0 Å². The first-order chi connectivity index (χ1) is 4.96. The Bertz CT molecular complexity index is 126. The highest BCUT2D eigenvalue weighted by Crippen LogP contribution is 2.52. The molecule has 0 radical (unpaired) electrons. The van der Waals surface area contributed by atoms with Crippen molar-refractivity contribution < 1.29 is 0 Å². The summed E-state index contributed by atoms with van der Waals surface area (Å²) in [6.45, 7) is 7.16. The van der Waals surface area contributed by atoms with Gasteiger partial charge in [-0.25, -0.2) is 0 Å². The lowest BCUT2D eigenvalue weighted by molar-refractivity contribution is 0.200. The number of hydrogen-bond donors (Lipinski definition) is 0. The Morgan fingerprint density at radius 3 is 1.73 bits per heavy atom. The molecule has 0 aromatic carbocycles. The average molecular weight is 152 g/mol. The van der Waals surface area contributed by atoms with Crippen molar-refractivity contribution in [2.75, 3.05) is 0 Å². The highest BCUT2D eigenvalue weighted by atomic mass is 14.4. The predicted octanol–water partition coefficient (Wildman–Crippen LogP) is 2.79. The van der Waals surface area contributed by atoms with Crippen molar-refractivity contribution in [3.05, 3.63) is 0 Å². The van der Waals surface area contributed by atoms with Crippen LogP contribution < -0.4 is 0 Å². The fraction of sp³-hybridized carbons (Fsp3) is 1.00. The van der Waals surface area contributed by atoms with E-state index in [1.165, 1.54) is 32.1 Å². The maximum absolute atomic E-state index is 2.46. The molecule has 1 aliphatic rings. The molecule has 0 aliphatic heterocycles. The minimum Gasteiger partial charge on any atom is -0.0603 e. The van der Waals surface area contributed by atoms with Crippen molar-refractivity contribution in [1.29, 1.82) is 0 Å². The first-order valence-electron chi connectivity index (χ1n) is 4.96. The Labute approximate surface area is 72.2 Å². The Morgan fingerprint density at radius 1 is 1.00 bits per heavy atom. The van der Waals surface area contributed by atoms with Crippen LogP contribution in [-0.4, -0.2) is 7.85 Å². The molecule has 0 unspecified atom stereocenters. The van der Waals surface area contributed by atoms with Crippen LogP contribution in [-0.2, 0) is 0 Å². The maximum atomic E-state index is 2.46. The van der Waals surface area contributed by atoms with E-state index < -0.39 is 0 Å². The molecule has 0 N–H and O–H groups in total. The third-order valence-electron chi connectivity index (χ3n) is 3.77. The van der Waals surface area contributed by atoms with Crippen molar-refractivity contribution in [2.45, 2.75) is 58.2 Å². The molecule has 0 aromatic rings. The van der Waals surface area contributed by atoms with Gasteiger partial charge in [0.2, 0.25) is 0 Å². The highest BCUT2D eigenvalue weighted by molar-refractivity contribution is 6.15. The van der Waals surface area contributed by atoms with Gasteiger partial charge < -0.3 is 0 Å². The SMILES string of the molecule is BC1(C(C)(C)C)CCCCC1. The predicted molar refractivity (Wildman–Crippen MR) is 53.8 cm³/mol. The second kappa shape index (κ2) is 2.84. The molecule has 1 saturated carbocycles. The maximum Gasteiger partial charge on any atom is 0.110 e. The third-order valence-corrected chi connectivity index (χ3v) is 3.77. The first-order valence-corrected chi connectivity index (χ1v) is 4.96. The van der Waals surface area contributed by atoms with Gasteiger partial charge in [-0.1, -0.05) is 58.2 Å². The molecule has 11 heavy (non-hydrogen) atoms. The van der Waals surface area contributed by atoms with Crippen LogP contribution in [0.15, 0.2) is 0 Å². The zero-order valence-electron chi connectivity index (χ0n) is 8.54. The summed E-state index contributed by atoms with van der Waals surface area (Å²) in [5, 5.41) is 0.616. The molecule has 0 heterocycles. The standard InChI is InChI=1S/C10H21B/c1-9(2,3)10(11)7-5-4-6-8-10/h4-8,11H2,1-3H3. The zero-order chi connectivity index (χ0) is 8.54. The molecule has 1 rings (SSSR count). The van der Waals surface area contributed by atoms with Gasteiger partial charge in [0.1, 0.15) is 7.85 Å². The molecular weight excluding hydrogens is 131 g/mol. The molecule has 1 aliphatic carbocycles. The number of hydrogen-bond acceptors (Lipinski definition) is 0. The summed E-state index contributed by atoms with van der Waals surface area (Å²) in [4.78, 5) is 0. The van der Waals surface area contributed by atoms with Gasteiger partial charge in [-0.05, 0) is 5.41 Å². The van der Waals surface area contributed by atoms with Gasteiger partial charge in [-0.3, -0.25) is 0 Å². The van der Waals surface area contributed by atoms with E-state index in [0.717, 1.165) is 0 Å². The van der Waals surface area contributed by atoms with E-state index in [4.69, 9.17) is 0 Å². The Hall–Kier alpha value is 0.0649. The van der Waals surface area contributed by atoms with Crippen LogP contribution >= 0.6 is 0 Å². The van der Waals surface area contributed by atoms with Crippen molar-refractivity contribution in [1.82, 2.24) is 0 Å². The van der Waals surface area contributed by atoms with E-state index in [2.05, 4.69) is 28.6 Å². The third kappa shape index (κ3) is 1.80. The fourth-order valence-electron chi connectivity index (χ4n) is 2.08. The number of rotatable bonds is 0. The van der Waals surface area contributed by atoms with Gasteiger partial charge in [0.05, 0.1) is 0 Å². The molecule has 0 atom stereocenters. The molecule has 0 amide bonds. The smallest absolute Gasteiger partial charge is 0.0603 e. The summed E-state index contributed by atoms with van der Waals surface area (Å²) < 4.78 is 0. The van der Waals surface area contributed by atoms with Crippen LogP contribution in [0.25, 0.3) is 0 Å². The second-order valence-electron chi connectivity index (χ2n) is 5.37. The Balaban J connectivity index is 2.64. The van der Waals surface area contributed by atoms with E-state index >= 15 is 0 Å². The highest BCUT2D eigenvalue weighted by Gasteiger charge is 2.37. The molecular formula is C10H21B. The molecule has 0 aromatic heterocycles. The van der Waals surface area contributed by atoms with Gasteiger partial charge in [-0.15, -0.1) is 0 Å². The summed E-state index contributed by atoms with van der Waals surface area (Å²) in [6, 6.07) is 0. The summed E-state index contributed by atoms with van der Waals surface area (Å²) >= 11 is 0. The van der Waals surface area contributed by atoms with Crippen LogP contribution in [0, 0.1) is 5.41 Å². The van der Waals surface area contributed by atoms with Crippen molar-refractivity contribution in [3.63, 3.8) is 0 Å². The second-order valence-corrected chi connectivity index (χ2v) is 5.37. The Kier molecular flexibility index (Phi) is 2.36. The molecule has 1 fully saturated rings. The summed E-state index contributed by atoms with van der Waals surface area (Å²) in [6.07, 6.45) is 7.25. The van der Waals surface area contributed by atoms with Crippen LogP contribution in [0.2, 0.25) is 5.31 Å². The summed E-state index contributed by atoms with van der Waals surface area (Å²) in [7, 11) is 2.46. The van der Waals surface area contributed by atoms with Gasteiger partial charge >= 0.3 is 0 Å². The zero-order valence-corrected chi connectivity index (χ0v) is 8.54. The van der Waals surface area contributed by atoms with Crippen molar-refractivity contribution >= 4 is 7.85 Å². The molecule has 64 valence electrons. The van der Waals surface area contributed by atoms with Crippen LogP contribution in [0.1, 0.15) is 52.9 Å². The van der Waals surface area contributed by atoms with Crippen LogP contribution in [0.3, 0.4) is 0 Å². The molecule has 0 nitrogen and oxygen atoms in total. The van der Waals surface area contributed by atoms with Gasteiger partial charge in [0.15, 0.2) is 0 Å². The van der Waals surface area contributed by atoms with Crippen molar-refractivity contribution in [3.8, 4) is 0 Å². The van der Waals surface area contributed by atoms with E-state index in [1.54, 1.807) is 0 Å². The fourth-order valence-corrected chi connectivity index (χ4v) is 2.08. The lowest BCUT2D eigenvalue weighted by Crippen LogP contribution is -2.31. The van der Waals surface area contributed by atoms with E-state index in [0.29, 0.717) is 10.7 Å². The van der Waals surface area contributed by atoms with E-state index in [9.17, 15) is 0 Å². The lowest BCUT2D eigenvalue weighted by Gasteiger charge is -2.45. The van der Waals surface area contributed by atoms with Gasteiger partial charge in [0.25, 0.3) is 0 Å². The minimum atomic E-state index is 0.507. The molecule has 0 saturated heterocycles. The quantitative estimate of drug-likeness (QED) is 0.468. The summed E-state index contributed by atoms with van der Waals surface area (Å²) in [5.74, 6) is 0. The van der Waals surface area contributed by atoms with Gasteiger partial charge in [-0.2, -0.15) is 0 Å².